The highest BCUT2D eigenvalue weighted by Crippen LogP contribution is 2.31. The average molecular weight is 471 g/mol. The molecule has 3 rings (SSSR count). The number of halogens is 1. The molecule has 0 N–H and O–H groups in total. The lowest BCUT2D eigenvalue weighted by molar-refractivity contribution is -0.137. The van der Waals surface area contributed by atoms with Gasteiger partial charge < -0.3 is 4.90 Å². The Morgan fingerprint density at radius 1 is 1.19 bits per heavy atom. The fraction of sp³-hybridized carbons (Fsp3) is 0.421. The third kappa shape index (κ3) is 4.80. The van der Waals surface area contributed by atoms with E-state index in [4.69, 9.17) is 0 Å². The molecule has 0 atom stereocenters. The number of nitrogens with zero attached hydrogens (tertiary/aromatic N) is 2. The maximum Gasteiger partial charge on any atom is 0.252 e. The van der Waals surface area contributed by atoms with Crippen molar-refractivity contribution < 1.29 is 13.2 Å². The summed E-state index contributed by atoms with van der Waals surface area (Å²) in [6, 6.07) is 13.3. The summed E-state index contributed by atoms with van der Waals surface area (Å²) in [5.41, 5.74) is 1.11. The normalized spacial score (nSPS) is 16.4. The van der Waals surface area contributed by atoms with Crippen LogP contribution >= 0.6 is 27.3 Å². The molecule has 0 bridgehead atoms. The fourth-order valence-corrected chi connectivity index (χ4v) is 6.95. The number of carbonyl (C=O) groups is 1. The van der Waals surface area contributed by atoms with Crippen molar-refractivity contribution in [3.05, 3.63) is 51.8 Å². The van der Waals surface area contributed by atoms with Crippen LogP contribution in [0.5, 0.6) is 0 Å². The molecule has 27 heavy (non-hydrogen) atoms. The third-order valence-electron chi connectivity index (χ3n) is 4.86. The molecule has 0 aliphatic carbocycles. The molecule has 1 aliphatic rings. The van der Waals surface area contributed by atoms with Gasteiger partial charge in [-0.25, -0.2) is 8.42 Å². The van der Waals surface area contributed by atoms with Crippen LogP contribution in [-0.4, -0.2) is 43.2 Å². The molecular formula is C19H23BrN2O3S2. The van der Waals surface area contributed by atoms with Crippen molar-refractivity contribution in [3.63, 3.8) is 0 Å². The maximum atomic E-state index is 12.9. The molecule has 146 valence electrons. The van der Waals surface area contributed by atoms with Crippen molar-refractivity contribution in [3.8, 4) is 0 Å². The number of piperidine rings is 1. The molecule has 1 saturated heterocycles. The minimum atomic E-state index is -3.47. The van der Waals surface area contributed by atoms with E-state index in [2.05, 4.69) is 15.9 Å². The van der Waals surface area contributed by atoms with Gasteiger partial charge in [0.05, 0.1) is 3.79 Å². The van der Waals surface area contributed by atoms with Gasteiger partial charge in [0, 0.05) is 32.1 Å². The van der Waals surface area contributed by atoms with Crippen LogP contribution in [0.3, 0.4) is 0 Å². The first-order valence-corrected chi connectivity index (χ1v) is 12.0. The highest BCUT2D eigenvalue weighted by Gasteiger charge is 2.34. The summed E-state index contributed by atoms with van der Waals surface area (Å²) in [5.74, 6) is 0.00690. The van der Waals surface area contributed by atoms with E-state index in [0.717, 1.165) is 9.35 Å². The van der Waals surface area contributed by atoms with E-state index in [1.165, 1.54) is 15.6 Å². The minimum absolute atomic E-state index is 0.116. The number of benzene rings is 1. The largest absolute Gasteiger partial charge is 0.338 e. The number of rotatable bonds is 6. The number of carbonyl (C=O) groups excluding carboxylic acids is 1. The molecule has 1 aromatic heterocycles. The molecule has 1 aliphatic heterocycles. The Bertz CT molecular complexity index is 875. The van der Waals surface area contributed by atoms with Gasteiger partial charge in [-0.05, 0) is 53.4 Å². The second-order valence-electron chi connectivity index (χ2n) is 6.57. The summed E-state index contributed by atoms with van der Waals surface area (Å²) in [7, 11) is -3.47. The van der Waals surface area contributed by atoms with Crippen molar-refractivity contribution in [2.45, 2.75) is 30.5 Å². The van der Waals surface area contributed by atoms with Crippen molar-refractivity contribution in [2.75, 3.05) is 19.6 Å². The van der Waals surface area contributed by atoms with Gasteiger partial charge >= 0.3 is 0 Å². The van der Waals surface area contributed by atoms with Crippen LogP contribution in [0, 0.1) is 5.92 Å². The van der Waals surface area contributed by atoms with Crippen LogP contribution in [0.2, 0.25) is 0 Å². The Hall–Kier alpha value is -1.22. The topological polar surface area (TPSA) is 57.7 Å². The predicted octanol–water partition coefficient (Wildman–Crippen LogP) is 3.96. The summed E-state index contributed by atoms with van der Waals surface area (Å²) in [4.78, 5) is 14.8. The van der Waals surface area contributed by atoms with Crippen LogP contribution in [-0.2, 0) is 21.4 Å². The van der Waals surface area contributed by atoms with Gasteiger partial charge in [0.2, 0.25) is 5.91 Å². The second-order valence-corrected chi connectivity index (χ2v) is 11.2. The van der Waals surface area contributed by atoms with Gasteiger partial charge in [-0.15, -0.1) is 11.3 Å². The highest BCUT2D eigenvalue weighted by atomic mass is 79.9. The molecule has 0 unspecified atom stereocenters. The van der Waals surface area contributed by atoms with Crippen molar-refractivity contribution in [1.29, 1.82) is 0 Å². The van der Waals surface area contributed by atoms with Crippen molar-refractivity contribution in [1.82, 2.24) is 9.21 Å². The summed E-state index contributed by atoms with van der Waals surface area (Å²) in [5, 5.41) is 0. The van der Waals surface area contributed by atoms with E-state index in [9.17, 15) is 13.2 Å². The second kappa shape index (κ2) is 8.86. The van der Waals surface area contributed by atoms with E-state index < -0.39 is 10.0 Å². The number of amides is 1. The summed E-state index contributed by atoms with van der Waals surface area (Å²) < 4.78 is 28.1. The molecule has 5 nitrogen and oxygen atoms in total. The first-order chi connectivity index (χ1) is 12.9. The summed E-state index contributed by atoms with van der Waals surface area (Å²) in [6.45, 7) is 4.00. The molecule has 8 heteroatoms. The first kappa shape index (κ1) is 20.5. The van der Waals surface area contributed by atoms with Gasteiger partial charge in [0.1, 0.15) is 4.21 Å². The molecule has 1 amide bonds. The average Bonchev–Trinajstić information content (AvgIpc) is 3.14. The highest BCUT2D eigenvalue weighted by molar-refractivity contribution is 9.11. The van der Waals surface area contributed by atoms with E-state index in [1.54, 1.807) is 12.1 Å². The smallest absolute Gasteiger partial charge is 0.252 e. The van der Waals surface area contributed by atoms with Gasteiger partial charge in [0.25, 0.3) is 10.0 Å². The number of sulfonamides is 1. The lowest BCUT2D eigenvalue weighted by atomic mass is 9.96. The Kier molecular flexibility index (Phi) is 6.73. The molecule has 0 saturated carbocycles. The van der Waals surface area contributed by atoms with Gasteiger partial charge in [-0.1, -0.05) is 30.3 Å². The fourth-order valence-electron chi connectivity index (χ4n) is 3.31. The van der Waals surface area contributed by atoms with E-state index in [0.29, 0.717) is 43.2 Å². The zero-order valence-corrected chi connectivity index (χ0v) is 18.4. The molecule has 2 aromatic rings. The lowest BCUT2D eigenvalue weighted by Gasteiger charge is -2.33. The first-order valence-electron chi connectivity index (χ1n) is 9.00. The maximum absolute atomic E-state index is 12.9. The number of hydrogen-bond donors (Lipinski definition) is 0. The summed E-state index contributed by atoms with van der Waals surface area (Å²) >= 11 is 4.53. The zero-order chi connectivity index (χ0) is 19.4. The molecular weight excluding hydrogens is 448 g/mol. The number of hydrogen-bond acceptors (Lipinski definition) is 4. The SMILES string of the molecule is CCN(Cc1ccccc1)C(=O)C1CCN(S(=O)(=O)c2ccc(Br)s2)CC1. The van der Waals surface area contributed by atoms with Crippen LogP contribution in [0.1, 0.15) is 25.3 Å². The van der Waals surface area contributed by atoms with E-state index in [1.807, 2.05) is 42.2 Å². The minimum Gasteiger partial charge on any atom is -0.338 e. The molecule has 0 spiro atoms. The van der Waals surface area contributed by atoms with Crippen LogP contribution in [0.25, 0.3) is 0 Å². The van der Waals surface area contributed by atoms with Crippen molar-refractivity contribution >= 4 is 43.2 Å². The van der Waals surface area contributed by atoms with Crippen LogP contribution in [0.15, 0.2) is 50.5 Å². The Morgan fingerprint density at radius 2 is 1.85 bits per heavy atom. The van der Waals surface area contributed by atoms with Gasteiger partial charge in [-0.2, -0.15) is 4.31 Å². The van der Waals surface area contributed by atoms with Crippen LogP contribution < -0.4 is 0 Å². The Labute approximate surface area is 173 Å². The lowest BCUT2D eigenvalue weighted by Crippen LogP contribution is -2.44. The van der Waals surface area contributed by atoms with Gasteiger partial charge in [-0.3, -0.25) is 4.79 Å². The Morgan fingerprint density at radius 3 is 2.41 bits per heavy atom. The predicted molar refractivity (Wildman–Crippen MR) is 111 cm³/mol. The monoisotopic (exact) mass is 470 g/mol. The third-order valence-corrected chi connectivity index (χ3v) is 8.85. The standard InChI is InChI=1S/C19H23BrN2O3S2/c1-2-21(14-15-6-4-3-5-7-15)19(23)16-10-12-22(13-11-16)27(24,25)18-9-8-17(20)26-18/h3-9,16H,2,10-14H2,1H3. The Balaban J connectivity index is 1.61. The molecule has 1 fully saturated rings. The molecule has 2 heterocycles. The van der Waals surface area contributed by atoms with Gasteiger partial charge in [0.15, 0.2) is 0 Å². The summed E-state index contributed by atoms with van der Waals surface area (Å²) in [6.07, 6.45) is 1.13. The van der Waals surface area contributed by atoms with E-state index >= 15 is 0 Å². The van der Waals surface area contributed by atoms with E-state index in [-0.39, 0.29) is 11.8 Å². The quantitative estimate of drug-likeness (QED) is 0.641. The van der Waals surface area contributed by atoms with Crippen molar-refractivity contribution in [2.24, 2.45) is 5.92 Å². The molecule has 1 aromatic carbocycles. The number of thiophene rings is 1. The zero-order valence-electron chi connectivity index (χ0n) is 15.2. The molecule has 0 radical (unpaired) electrons. The van der Waals surface area contributed by atoms with Crippen LogP contribution in [0.4, 0.5) is 0 Å².